The van der Waals surface area contributed by atoms with Gasteiger partial charge in [0.05, 0.1) is 0 Å². The normalized spacial score (nSPS) is 13.6. The van der Waals surface area contributed by atoms with E-state index in [1.165, 1.54) is 33.0 Å². The molecule has 100 valence electrons. The van der Waals surface area contributed by atoms with Gasteiger partial charge in [-0.2, -0.15) is 0 Å². The van der Waals surface area contributed by atoms with Gasteiger partial charge in [-0.1, -0.05) is 0 Å². The lowest BCUT2D eigenvalue weighted by Gasteiger charge is -2.10. The van der Waals surface area contributed by atoms with Crippen LogP contribution in [-0.2, 0) is 12.8 Å². The molecule has 3 rings (SSSR count). The molecule has 0 aromatic carbocycles. The van der Waals surface area contributed by atoms with E-state index in [0.29, 0.717) is 0 Å². The summed E-state index contributed by atoms with van der Waals surface area (Å²) in [5.74, 6) is 1.93. The molecule has 1 N–H and O–H groups in total. The maximum absolute atomic E-state index is 4.80. The van der Waals surface area contributed by atoms with E-state index in [9.17, 15) is 0 Å². The van der Waals surface area contributed by atoms with Crippen LogP contribution in [0.4, 0.5) is 5.82 Å². The molecule has 0 saturated heterocycles. The molecule has 0 saturated carbocycles. The molecule has 4 heteroatoms. The van der Waals surface area contributed by atoms with Gasteiger partial charge in [0.25, 0.3) is 0 Å². The SMILES string of the molecule is CCNc1nc(-c2cc(C)sc2C)nc2c1CCC2. The fourth-order valence-corrected chi connectivity index (χ4v) is 3.64. The minimum atomic E-state index is 0.887. The first-order valence-electron chi connectivity index (χ1n) is 6.90. The average Bonchev–Trinajstić information content (AvgIpc) is 2.95. The molecule has 3 nitrogen and oxygen atoms in total. The zero-order valence-electron chi connectivity index (χ0n) is 11.7. The third-order valence-electron chi connectivity index (χ3n) is 3.56. The summed E-state index contributed by atoms with van der Waals surface area (Å²) in [4.78, 5) is 12.2. The van der Waals surface area contributed by atoms with Gasteiger partial charge in [0.15, 0.2) is 5.82 Å². The summed E-state index contributed by atoms with van der Waals surface area (Å²) in [6, 6.07) is 2.20. The molecular weight excluding hydrogens is 254 g/mol. The van der Waals surface area contributed by atoms with Crippen molar-refractivity contribution in [3.8, 4) is 11.4 Å². The van der Waals surface area contributed by atoms with Crippen LogP contribution in [0.15, 0.2) is 6.07 Å². The van der Waals surface area contributed by atoms with E-state index in [0.717, 1.165) is 31.0 Å². The van der Waals surface area contributed by atoms with Crippen LogP contribution >= 0.6 is 11.3 Å². The molecule has 0 amide bonds. The quantitative estimate of drug-likeness (QED) is 0.925. The van der Waals surface area contributed by atoms with Gasteiger partial charge in [-0.25, -0.2) is 9.97 Å². The Morgan fingerprint density at radius 1 is 1.26 bits per heavy atom. The van der Waals surface area contributed by atoms with Crippen molar-refractivity contribution in [2.24, 2.45) is 0 Å². The van der Waals surface area contributed by atoms with E-state index in [4.69, 9.17) is 9.97 Å². The van der Waals surface area contributed by atoms with Gasteiger partial charge in [0.1, 0.15) is 5.82 Å². The Morgan fingerprint density at radius 2 is 2.11 bits per heavy atom. The van der Waals surface area contributed by atoms with Crippen molar-refractivity contribution in [2.75, 3.05) is 11.9 Å². The van der Waals surface area contributed by atoms with Crippen LogP contribution in [0, 0.1) is 13.8 Å². The molecule has 0 aliphatic heterocycles. The monoisotopic (exact) mass is 273 g/mol. The van der Waals surface area contributed by atoms with Crippen molar-refractivity contribution in [3.05, 3.63) is 27.1 Å². The molecule has 1 aliphatic rings. The van der Waals surface area contributed by atoms with Crippen LogP contribution in [0.25, 0.3) is 11.4 Å². The summed E-state index contributed by atoms with van der Waals surface area (Å²) in [7, 11) is 0. The standard InChI is InChI=1S/C15H19N3S/c1-4-16-14-11-6-5-7-13(11)17-15(18-14)12-8-9(2)19-10(12)3/h8H,4-7H2,1-3H3,(H,16,17,18). The van der Waals surface area contributed by atoms with Crippen molar-refractivity contribution in [2.45, 2.75) is 40.0 Å². The third-order valence-corrected chi connectivity index (χ3v) is 4.53. The summed E-state index contributed by atoms with van der Waals surface area (Å²) in [5, 5.41) is 3.40. The lowest BCUT2D eigenvalue weighted by molar-refractivity contribution is 0.900. The Labute approximate surface area is 118 Å². The minimum Gasteiger partial charge on any atom is -0.370 e. The van der Waals surface area contributed by atoms with Crippen LogP contribution < -0.4 is 5.32 Å². The number of fused-ring (bicyclic) bond motifs is 1. The summed E-state index contributed by atoms with van der Waals surface area (Å²) in [6.45, 7) is 7.31. The van der Waals surface area contributed by atoms with E-state index in [2.05, 4.69) is 32.2 Å². The smallest absolute Gasteiger partial charge is 0.162 e. The van der Waals surface area contributed by atoms with Gasteiger partial charge in [0.2, 0.25) is 0 Å². The number of hydrogen-bond acceptors (Lipinski definition) is 4. The lowest BCUT2D eigenvalue weighted by atomic mass is 10.2. The van der Waals surface area contributed by atoms with Crippen LogP contribution in [0.3, 0.4) is 0 Å². The number of aryl methyl sites for hydroxylation is 3. The zero-order valence-corrected chi connectivity index (χ0v) is 12.5. The summed E-state index contributed by atoms with van der Waals surface area (Å²) >= 11 is 1.82. The Kier molecular flexibility index (Phi) is 3.27. The van der Waals surface area contributed by atoms with Crippen molar-refractivity contribution >= 4 is 17.2 Å². The Balaban J connectivity index is 2.12. The molecule has 0 unspecified atom stereocenters. The van der Waals surface area contributed by atoms with Gasteiger partial charge < -0.3 is 5.32 Å². The fourth-order valence-electron chi connectivity index (χ4n) is 2.72. The number of hydrogen-bond donors (Lipinski definition) is 1. The van der Waals surface area contributed by atoms with Crippen LogP contribution in [0.5, 0.6) is 0 Å². The summed E-state index contributed by atoms with van der Waals surface area (Å²) in [5.41, 5.74) is 3.76. The number of aromatic nitrogens is 2. The average molecular weight is 273 g/mol. The maximum atomic E-state index is 4.80. The number of rotatable bonds is 3. The Morgan fingerprint density at radius 3 is 2.79 bits per heavy atom. The Bertz CT molecular complexity index is 616. The number of nitrogens with one attached hydrogen (secondary N) is 1. The predicted octanol–water partition coefficient (Wildman–Crippen LogP) is 3.74. The molecule has 0 bridgehead atoms. The van der Waals surface area contributed by atoms with Crippen molar-refractivity contribution in [3.63, 3.8) is 0 Å². The Hall–Kier alpha value is -1.42. The highest BCUT2D eigenvalue weighted by molar-refractivity contribution is 7.12. The van der Waals surface area contributed by atoms with E-state index >= 15 is 0 Å². The van der Waals surface area contributed by atoms with Gasteiger partial charge in [0, 0.05) is 33.1 Å². The van der Waals surface area contributed by atoms with Crippen LogP contribution in [-0.4, -0.2) is 16.5 Å². The topological polar surface area (TPSA) is 37.8 Å². The van der Waals surface area contributed by atoms with Gasteiger partial charge >= 0.3 is 0 Å². The third kappa shape index (κ3) is 2.25. The van der Waals surface area contributed by atoms with Gasteiger partial charge in [-0.3, -0.25) is 0 Å². The van der Waals surface area contributed by atoms with Crippen molar-refractivity contribution in [1.29, 1.82) is 0 Å². The van der Waals surface area contributed by atoms with E-state index in [-0.39, 0.29) is 0 Å². The lowest BCUT2D eigenvalue weighted by Crippen LogP contribution is -2.06. The highest BCUT2D eigenvalue weighted by Gasteiger charge is 2.20. The largest absolute Gasteiger partial charge is 0.370 e. The number of nitrogens with zero attached hydrogens (tertiary/aromatic N) is 2. The predicted molar refractivity (Wildman–Crippen MR) is 81.0 cm³/mol. The van der Waals surface area contributed by atoms with Gasteiger partial charge in [-0.15, -0.1) is 11.3 Å². The summed E-state index contributed by atoms with van der Waals surface area (Å²) < 4.78 is 0. The molecule has 2 aromatic heterocycles. The number of thiophene rings is 1. The molecule has 2 heterocycles. The molecule has 0 radical (unpaired) electrons. The first-order valence-corrected chi connectivity index (χ1v) is 7.71. The molecule has 0 spiro atoms. The minimum absolute atomic E-state index is 0.887. The maximum Gasteiger partial charge on any atom is 0.162 e. The first-order chi connectivity index (χ1) is 9.19. The molecule has 1 aliphatic carbocycles. The van der Waals surface area contributed by atoms with Gasteiger partial charge in [-0.05, 0) is 46.1 Å². The van der Waals surface area contributed by atoms with E-state index < -0.39 is 0 Å². The molecular formula is C15H19N3S. The van der Waals surface area contributed by atoms with Crippen molar-refractivity contribution < 1.29 is 0 Å². The zero-order chi connectivity index (χ0) is 13.4. The first kappa shape index (κ1) is 12.6. The fraction of sp³-hybridized carbons (Fsp3) is 0.467. The van der Waals surface area contributed by atoms with Crippen LogP contribution in [0.2, 0.25) is 0 Å². The second kappa shape index (κ2) is 4.93. The van der Waals surface area contributed by atoms with Crippen LogP contribution in [0.1, 0.15) is 34.4 Å². The number of anilines is 1. The second-order valence-corrected chi connectivity index (χ2v) is 6.49. The van der Waals surface area contributed by atoms with E-state index in [1.807, 2.05) is 11.3 Å². The highest BCUT2D eigenvalue weighted by atomic mass is 32.1. The second-order valence-electron chi connectivity index (χ2n) is 5.03. The van der Waals surface area contributed by atoms with Crippen molar-refractivity contribution in [1.82, 2.24) is 9.97 Å². The molecule has 0 fully saturated rings. The highest BCUT2D eigenvalue weighted by Crippen LogP contribution is 2.33. The molecule has 2 aromatic rings. The molecule has 19 heavy (non-hydrogen) atoms. The molecule has 0 atom stereocenters. The van der Waals surface area contributed by atoms with E-state index in [1.54, 1.807) is 0 Å². The summed E-state index contributed by atoms with van der Waals surface area (Å²) in [6.07, 6.45) is 3.40.